The summed E-state index contributed by atoms with van der Waals surface area (Å²) in [5, 5.41) is 0. The molecular weight excluding hydrogens is 382 g/mol. The first kappa shape index (κ1) is 19.5. The SMILES string of the molecule is O=C1OC(CN2CCCCCC2)CC12CCN(Cc1cccc3ncsc13)CC2. The van der Waals surface area contributed by atoms with E-state index in [0.29, 0.717) is 0 Å². The predicted molar refractivity (Wildman–Crippen MR) is 116 cm³/mol. The molecule has 4 heterocycles. The zero-order valence-corrected chi connectivity index (χ0v) is 18.0. The summed E-state index contributed by atoms with van der Waals surface area (Å²) >= 11 is 1.72. The van der Waals surface area contributed by atoms with Gasteiger partial charge in [0.05, 0.1) is 21.1 Å². The first-order chi connectivity index (χ1) is 14.2. The van der Waals surface area contributed by atoms with Gasteiger partial charge in [-0.1, -0.05) is 25.0 Å². The van der Waals surface area contributed by atoms with Gasteiger partial charge in [0, 0.05) is 19.5 Å². The van der Waals surface area contributed by atoms with Crippen LogP contribution in [0.25, 0.3) is 10.2 Å². The quantitative estimate of drug-likeness (QED) is 0.707. The first-order valence-electron chi connectivity index (χ1n) is 11.2. The van der Waals surface area contributed by atoms with Crippen LogP contribution >= 0.6 is 11.3 Å². The van der Waals surface area contributed by atoms with E-state index in [2.05, 4.69) is 33.0 Å². The van der Waals surface area contributed by atoms with Crippen LogP contribution in [0.15, 0.2) is 23.7 Å². The second kappa shape index (κ2) is 8.32. The Bertz CT molecular complexity index is 851. The highest BCUT2D eigenvalue weighted by Crippen LogP contribution is 2.43. The van der Waals surface area contributed by atoms with Gasteiger partial charge in [-0.25, -0.2) is 4.98 Å². The third-order valence-corrected chi connectivity index (χ3v) is 8.05. The summed E-state index contributed by atoms with van der Waals surface area (Å²) < 4.78 is 7.19. The Balaban J connectivity index is 1.18. The van der Waals surface area contributed by atoms with E-state index in [1.165, 1.54) is 35.9 Å². The molecule has 1 atom stereocenters. The number of likely N-dealkylation sites (tertiary alicyclic amines) is 2. The largest absolute Gasteiger partial charge is 0.461 e. The number of benzene rings is 1. The van der Waals surface area contributed by atoms with E-state index in [1.807, 2.05) is 5.51 Å². The third-order valence-electron chi connectivity index (χ3n) is 7.13. The van der Waals surface area contributed by atoms with Crippen molar-refractivity contribution in [3.63, 3.8) is 0 Å². The van der Waals surface area contributed by atoms with Crippen LogP contribution in [-0.2, 0) is 16.1 Å². The van der Waals surface area contributed by atoms with Gasteiger partial charge < -0.3 is 4.74 Å². The van der Waals surface area contributed by atoms with Gasteiger partial charge in [0.1, 0.15) is 6.10 Å². The number of nitrogens with zero attached hydrogens (tertiary/aromatic N) is 3. The number of aromatic nitrogens is 1. The minimum absolute atomic E-state index is 0.0709. The maximum Gasteiger partial charge on any atom is 0.312 e. The van der Waals surface area contributed by atoms with Crippen LogP contribution in [-0.4, -0.2) is 59.6 Å². The molecule has 0 N–H and O–H groups in total. The lowest BCUT2D eigenvalue weighted by molar-refractivity contribution is -0.151. The number of thiazole rings is 1. The molecule has 3 aliphatic heterocycles. The lowest BCUT2D eigenvalue weighted by Crippen LogP contribution is -2.42. The molecule has 5 rings (SSSR count). The number of rotatable bonds is 4. The molecule has 29 heavy (non-hydrogen) atoms. The molecule has 3 aliphatic rings. The van der Waals surface area contributed by atoms with Crippen molar-refractivity contribution >= 4 is 27.5 Å². The Morgan fingerprint density at radius 1 is 1.07 bits per heavy atom. The molecule has 0 aliphatic carbocycles. The van der Waals surface area contributed by atoms with Crippen LogP contribution in [0.3, 0.4) is 0 Å². The van der Waals surface area contributed by atoms with Crippen molar-refractivity contribution in [3.05, 3.63) is 29.3 Å². The van der Waals surface area contributed by atoms with Gasteiger partial charge in [-0.2, -0.15) is 0 Å². The number of carbonyl (C=O) groups excluding carboxylic acids is 1. The number of cyclic esters (lactones) is 1. The lowest BCUT2D eigenvalue weighted by Gasteiger charge is -2.36. The molecule has 0 bridgehead atoms. The molecule has 3 saturated heterocycles. The van der Waals surface area contributed by atoms with Crippen molar-refractivity contribution in [3.8, 4) is 0 Å². The number of hydrogen-bond donors (Lipinski definition) is 0. The summed E-state index contributed by atoms with van der Waals surface area (Å²) in [6.45, 7) is 6.16. The van der Waals surface area contributed by atoms with Crippen LogP contribution < -0.4 is 0 Å². The second-order valence-electron chi connectivity index (χ2n) is 9.12. The summed E-state index contributed by atoms with van der Waals surface area (Å²) in [7, 11) is 0. The number of hydrogen-bond acceptors (Lipinski definition) is 6. The van der Waals surface area contributed by atoms with Gasteiger partial charge >= 0.3 is 5.97 Å². The molecule has 1 spiro atoms. The van der Waals surface area contributed by atoms with E-state index >= 15 is 0 Å². The normalized spacial score (nSPS) is 26.1. The fourth-order valence-electron chi connectivity index (χ4n) is 5.40. The van der Waals surface area contributed by atoms with Crippen LogP contribution in [0.5, 0.6) is 0 Å². The van der Waals surface area contributed by atoms with Crippen LogP contribution in [0, 0.1) is 5.41 Å². The maximum absolute atomic E-state index is 12.8. The van der Waals surface area contributed by atoms with Crippen molar-refractivity contribution < 1.29 is 9.53 Å². The fourth-order valence-corrected chi connectivity index (χ4v) is 6.20. The molecule has 156 valence electrons. The number of carbonyl (C=O) groups is 1. The van der Waals surface area contributed by atoms with Crippen LogP contribution in [0.1, 0.15) is 50.5 Å². The fraction of sp³-hybridized carbons (Fsp3) is 0.652. The molecule has 6 heteroatoms. The maximum atomic E-state index is 12.8. The Kier molecular flexibility index (Phi) is 5.59. The number of fused-ring (bicyclic) bond motifs is 1. The standard InChI is InChI=1S/C23H31N3O2S/c27-22-23(14-19(28-22)16-25-10-3-1-2-4-11-25)8-12-26(13-9-23)15-18-6-5-7-20-21(18)29-17-24-20/h5-7,17,19H,1-4,8-16H2. The van der Waals surface area contributed by atoms with E-state index < -0.39 is 0 Å². The third kappa shape index (κ3) is 4.07. The highest BCUT2D eigenvalue weighted by molar-refractivity contribution is 7.16. The molecule has 5 nitrogen and oxygen atoms in total. The molecular formula is C23H31N3O2S. The smallest absolute Gasteiger partial charge is 0.312 e. The van der Waals surface area contributed by atoms with Crippen molar-refractivity contribution in [2.24, 2.45) is 5.41 Å². The van der Waals surface area contributed by atoms with E-state index in [9.17, 15) is 4.79 Å². The molecule has 2 aromatic rings. The van der Waals surface area contributed by atoms with Gasteiger partial charge in [-0.05, 0) is 63.5 Å². The van der Waals surface area contributed by atoms with Gasteiger partial charge in [0.15, 0.2) is 0 Å². The lowest BCUT2D eigenvalue weighted by atomic mass is 9.76. The number of piperidine rings is 1. The summed E-state index contributed by atoms with van der Waals surface area (Å²) in [5.41, 5.74) is 4.15. The highest BCUT2D eigenvalue weighted by atomic mass is 32.1. The monoisotopic (exact) mass is 413 g/mol. The summed E-state index contributed by atoms with van der Waals surface area (Å²) in [4.78, 5) is 22.3. The van der Waals surface area contributed by atoms with Gasteiger partial charge in [-0.15, -0.1) is 11.3 Å². The van der Waals surface area contributed by atoms with E-state index in [1.54, 1.807) is 11.3 Å². The van der Waals surface area contributed by atoms with E-state index in [0.717, 1.165) is 64.0 Å². The van der Waals surface area contributed by atoms with Crippen molar-refractivity contribution in [2.45, 2.75) is 57.6 Å². The zero-order chi connectivity index (χ0) is 19.7. The molecule has 0 radical (unpaired) electrons. The van der Waals surface area contributed by atoms with E-state index in [-0.39, 0.29) is 17.5 Å². The molecule has 1 aromatic heterocycles. The van der Waals surface area contributed by atoms with Crippen molar-refractivity contribution in [2.75, 3.05) is 32.7 Å². The Morgan fingerprint density at radius 3 is 2.66 bits per heavy atom. The first-order valence-corrected chi connectivity index (χ1v) is 12.1. The Labute approximate surface area is 177 Å². The summed E-state index contributed by atoms with van der Waals surface area (Å²) in [6.07, 6.45) is 8.13. The molecule has 0 saturated carbocycles. The second-order valence-corrected chi connectivity index (χ2v) is 9.98. The van der Waals surface area contributed by atoms with Gasteiger partial charge in [0.25, 0.3) is 0 Å². The van der Waals surface area contributed by atoms with Gasteiger partial charge in [0.2, 0.25) is 0 Å². The highest BCUT2D eigenvalue weighted by Gasteiger charge is 2.50. The molecule has 1 aromatic carbocycles. The number of esters is 1. The van der Waals surface area contributed by atoms with Crippen LogP contribution in [0.2, 0.25) is 0 Å². The number of ether oxygens (including phenoxy) is 1. The Morgan fingerprint density at radius 2 is 1.86 bits per heavy atom. The molecule has 1 unspecified atom stereocenters. The average Bonchev–Trinajstić information content (AvgIpc) is 3.22. The van der Waals surface area contributed by atoms with E-state index in [4.69, 9.17) is 4.74 Å². The minimum Gasteiger partial charge on any atom is -0.461 e. The minimum atomic E-state index is -0.233. The summed E-state index contributed by atoms with van der Waals surface area (Å²) in [5.74, 6) is 0.0709. The van der Waals surface area contributed by atoms with Gasteiger partial charge in [-0.3, -0.25) is 14.6 Å². The topological polar surface area (TPSA) is 45.7 Å². The predicted octanol–water partition coefficient (Wildman–Crippen LogP) is 4.07. The molecule has 3 fully saturated rings. The Hall–Kier alpha value is -1.50. The average molecular weight is 414 g/mol. The zero-order valence-electron chi connectivity index (χ0n) is 17.1. The molecule has 0 amide bonds. The van der Waals surface area contributed by atoms with Crippen LogP contribution in [0.4, 0.5) is 0 Å². The summed E-state index contributed by atoms with van der Waals surface area (Å²) in [6, 6.07) is 6.40. The van der Waals surface area contributed by atoms with Crippen molar-refractivity contribution in [1.82, 2.24) is 14.8 Å². The van der Waals surface area contributed by atoms with Crippen molar-refractivity contribution in [1.29, 1.82) is 0 Å².